The molecule has 0 spiro atoms. The Bertz CT molecular complexity index is 307. The minimum absolute atomic E-state index is 0.152. The van der Waals surface area contributed by atoms with Crippen molar-refractivity contribution >= 4 is 0 Å². The Morgan fingerprint density at radius 3 is 2.41 bits per heavy atom. The Kier molecular flexibility index (Phi) is 6.20. The highest BCUT2D eigenvalue weighted by atomic mass is 19.1. The summed E-state index contributed by atoms with van der Waals surface area (Å²) in [5, 5.41) is 3.26. The van der Waals surface area contributed by atoms with Crippen LogP contribution in [0.25, 0.3) is 0 Å². The van der Waals surface area contributed by atoms with Crippen LogP contribution in [0.2, 0.25) is 0 Å². The van der Waals surface area contributed by atoms with E-state index in [0.29, 0.717) is 11.8 Å². The van der Waals surface area contributed by atoms with Gasteiger partial charge in [-0.1, -0.05) is 38.8 Å². The molecule has 0 aliphatic carbocycles. The lowest BCUT2D eigenvalue weighted by molar-refractivity contribution is 0.325. The van der Waals surface area contributed by atoms with Crippen molar-refractivity contribution < 1.29 is 4.39 Å². The Labute approximate surface area is 104 Å². The first-order valence-corrected chi connectivity index (χ1v) is 6.56. The maximum absolute atomic E-state index is 12.8. The summed E-state index contributed by atoms with van der Waals surface area (Å²) in [6.45, 7) is 5.57. The predicted molar refractivity (Wildman–Crippen MR) is 71.6 cm³/mol. The molecule has 96 valence electrons. The molecular formula is C15H24FN. The Morgan fingerprint density at radius 1 is 1.24 bits per heavy atom. The van der Waals surface area contributed by atoms with Crippen LogP contribution in [0.3, 0.4) is 0 Å². The summed E-state index contributed by atoms with van der Waals surface area (Å²) < 4.78 is 12.8. The van der Waals surface area contributed by atoms with E-state index >= 15 is 0 Å². The van der Waals surface area contributed by atoms with Crippen molar-refractivity contribution in [2.75, 3.05) is 13.6 Å². The summed E-state index contributed by atoms with van der Waals surface area (Å²) in [5.41, 5.74) is 1.23. The van der Waals surface area contributed by atoms with Gasteiger partial charge in [-0.3, -0.25) is 0 Å². The van der Waals surface area contributed by atoms with E-state index in [0.717, 1.165) is 13.0 Å². The Morgan fingerprint density at radius 2 is 1.88 bits per heavy atom. The predicted octanol–water partition coefficient (Wildman–Crippen LogP) is 3.64. The molecule has 0 radical (unpaired) electrons. The van der Waals surface area contributed by atoms with Gasteiger partial charge in [0, 0.05) is 0 Å². The third-order valence-corrected chi connectivity index (χ3v) is 3.43. The normalized spacial score (nSPS) is 14.6. The lowest BCUT2D eigenvalue weighted by atomic mass is 9.85. The molecule has 0 saturated carbocycles. The number of hydrogen-bond acceptors (Lipinski definition) is 1. The third-order valence-electron chi connectivity index (χ3n) is 3.43. The SMILES string of the molecule is CCCC(C)C(CNC)Cc1ccc(F)cc1. The van der Waals surface area contributed by atoms with Gasteiger partial charge in [-0.05, 0) is 49.5 Å². The molecule has 0 aliphatic rings. The molecule has 1 aromatic rings. The van der Waals surface area contributed by atoms with E-state index in [1.54, 1.807) is 12.1 Å². The number of halogens is 1. The molecule has 1 rings (SSSR count). The monoisotopic (exact) mass is 237 g/mol. The molecule has 0 heterocycles. The van der Waals surface area contributed by atoms with Crippen molar-refractivity contribution in [3.8, 4) is 0 Å². The molecule has 1 nitrogen and oxygen atoms in total. The van der Waals surface area contributed by atoms with E-state index < -0.39 is 0 Å². The van der Waals surface area contributed by atoms with Crippen molar-refractivity contribution in [2.45, 2.75) is 33.1 Å². The standard InChI is InChI=1S/C15H24FN/c1-4-5-12(2)14(11-17-3)10-13-6-8-15(16)9-7-13/h6-9,12,14,17H,4-5,10-11H2,1-3H3. The quantitative estimate of drug-likeness (QED) is 0.763. The van der Waals surface area contributed by atoms with Gasteiger partial charge in [-0.15, -0.1) is 0 Å². The molecule has 0 bridgehead atoms. The molecule has 0 amide bonds. The Balaban J connectivity index is 2.62. The third kappa shape index (κ3) is 4.86. The van der Waals surface area contributed by atoms with Crippen LogP contribution in [0.1, 0.15) is 32.3 Å². The largest absolute Gasteiger partial charge is 0.319 e. The second-order valence-corrected chi connectivity index (χ2v) is 4.91. The van der Waals surface area contributed by atoms with E-state index in [2.05, 4.69) is 19.2 Å². The van der Waals surface area contributed by atoms with Crippen LogP contribution < -0.4 is 5.32 Å². The fraction of sp³-hybridized carbons (Fsp3) is 0.600. The van der Waals surface area contributed by atoms with Gasteiger partial charge >= 0.3 is 0 Å². The summed E-state index contributed by atoms with van der Waals surface area (Å²) in [6.07, 6.45) is 3.51. The number of nitrogens with one attached hydrogen (secondary N) is 1. The molecule has 0 aromatic heterocycles. The molecule has 0 saturated heterocycles. The smallest absolute Gasteiger partial charge is 0.123 e. The first kappa shape index (κ1) is 14.2. The molecule has 0 fully saturated rings. The number of hydrogen-bond donors (Lipinski definition) is 1. The maximum Gasteiger partial charge on any atom is 0.123 e. The van der Waals surface area contributed by atoms with Crippen molar-refractivity contribution in [1.29, 1.82) is 0 Å². The zero-order valence-electron chi connectivity index (χ0n) is 11.2. The fourth-order valence-electron chi connectivity index (χ4n) is 2.35. The molecular weight excluding hydrogens is 213 g/mol. The molecule has 2 atom stereocenters. The molecule has 17 heavy (non-hydrogen) atoms. The van der Waals surface area contributed by atoms with Crippen LogP contribution in [0, 0.1) is 17.7 Å². The van der Waals surface area contributed by atoms with Crippen LogP contribution in [0.15, 0.2) is 24.3 Å². The van der Waals surface area contributed by atoms with Gasteiger partial charge < -0.3 is 5.32 Å². The van der Waals surface area contributed by atoms with Crippen LogP contribution in [-0.2, 0) is 6.42 Å². The minimum atomic E-state index is -0.152. The second kappa shape index (κ2) is 7.44. The molecule has 1 N–H and O–H groups in total. The van der Waals surface area contributed by atoms with E-state index in [9.17, 15) is 4.39 Å². The summed E-state index contributed by atoms with van der Waals surface area (Å²) >= 11 is 0. The average Bonchev–Trinajstić information content (AvgIpc) is 2.31. The maximum atomic E-state index is 12.8. The van der Waals surface area contributed by atoms with Crippen molar-refractivity contribution in [1.82, 2.24) is 5.32 Å². The lowest BCUT2D eigenvalue weighted by Gasteiger charge is -2.23. The van der Waals surface area contributed by atoms with Gasteiger partial charge in [-0.25, -0.2) is 4.39 Å². The molecule has 0 aliphatic heterocycles. The number of benzene rings is 1. The highest BCUT2D eigenvalue weighted by molar-refractivity contribution is 5.16. The van der Waals surface area contributed by atoms with Crippen molar-refractivity contribution in [2.24, 2.45) is 11.8 Å². The summed E-state index contributed by atoms with van der Waals surface area (Å²) in [5.74, 6) is 1.18. The van der Waals surface area contributed by atoms with Gasteiger partial charge in [-0.2, -0.15) is 0 Å². The van der Waals surface area contributed by atoms with Crippen LogP contribution in [-0.4, -0.2) is 13.6 Å². The van der Waals surface area contributed by atoms with Crippen molar-refractivity contribution in [3.63, 3.8) is 0 Å². The summed E-state index contributed by atoms with van der Waals surface area (Å²) in [6, 6.07) is 6.90. The first-order chi connectivity index (χ1) is 8.17. The van der Waals surface area contributed by atoms with Gasteiger partial charge in [0.05, 0.1) is 0 Å². The fourth-order valence-corrected chi connectivity index (χ4v) is 2.35. The van der Waals surface area contributed by atoms with E-state index in [-0.39, 0.29) is 5.82 Å². The first-order valence-electron chi connectivity index (χ1n) is 6.56. The van der Waals surface area contributed by atoms with Crippen LogP contribution >= 0.6 is 0 Å². The Hall–Kier alpha value is -0.890. The van der Waals surface area contributed by atoms with E-state index in [1.165, 1.54) is 18.4 Å². The zero-order chi connectivity index (χ0) is 12.7. The summed E-state index contributed by atoms with van der Waals surface area (Å²) in [4.78, 5) is 0. The lowest BCUT2D eigenvalue weighted by Crippen LogP contribution is -2.26. The minimum Gasteiger partial charge on any atom is -0.319 e. The summed E-state index contributed by atoms with van der Waals surface area (Å²) in [7, 11) is 2.00. The van der Waals surface area contributed by atoms with Gasteiger partial charge in [0.25, 0.3) is 0 Å². The molecule has 2 heteroatoms. The van der Waals surface area contributed by atoms with Crippen molar-refractivity contribution in [3.05, 3.63) is 35.6 Å². The van der Waals surface area contributed by atoms with Crippen LogP contribution in [0.5, 0.6) is 0 Å². The van der Waals surface area contributed by atoms with E-state index in [1.807, 2.05) is 19.2 Å². The van der Waals surface area contributed by atoms with Gasteiger partial charge in [0.15, 0.2) is 0 Å². The molecule has 2 unspecified atom stereocenters. The highest BCUT2D eigenvalue weighted by Crippen LogP contribution is 2.21. The topological polar surface area (TPSA) is 12.0 Å². The highest BCUT2D eigenvalue weighted by Gasteiger charge is 2.16. The number of rotatable bonds is 7. The van der Waals surface area contributed by atoms with Gasteiger partial charge in [0.1, 0.15) is 5.82 Å². The zero-order valence-corrected chi connectivity index (χ0v) is 11.2. The van der Waals surface area contributed by atoms with Gasteiger partial charge in [0.2, 0.25) is 0 Å². The second-order valence-electron chi connectivity index (χ2n) is 4.91. The van der Waals surface area contributed by atoms with E-state index in [4.69, 9.17) is 0 Å². The average molecular weight is 237 g/mol. The van der Waals surface area contributed by atoms with Crippen LogP contribution in [0.4, 0.5) is 4.39 Å². The molecule has 1 aromatic carbocycles.